The highest BCUT2D eigenvalue weighted by Gasteiger charge is 2.18. The Hall–Kier alpha value is -3.47. The van der Waals surface area contributed by atoms with Crippen molar-refractivity contribution in [1.29, 1.82) is 10.5 Å². The molecule has 50 heavy (non-hydrogen) atoms. The van der Waals surface area contributed by atoms with E-state index in [0.29, 0.717) is 106 Å². The number of benzene rings is 1. The first kappa shape index (κ1) is 42.7. The van der Waals surface area contributed by atoms with Gasteiger partial charge in [-0.2, -0.15) is 10.5 Å². The van der Waals surface area contributed by atoms with Crippen LogP contribution in [0.1, 0.15) is 62.1 Å². The topological polar surface area (TPSA) is 157 Å². The zero-order chi connectivity index (χ0) is 36.6. The number of nitriles is 2. The Labute approximate surface area is 301 Å². The number of hydrogen-bond acceptors (Lipinski definition) is 14. The maximum atomic E-state index is 11.3. The van der Waals surface area contributed by atoms with Crippen LogP contribution in [0.3, 0.4) is 0 Å². The van der Waals surface area contributed by atoms with Gasteiger partial charge in [-0.1, -0.05) is 6.92 Å². The SMILES string of the molecule is CCCC(=O)OCCOCCOCCOCCOCCOC(COC(C)C)CN(CC)c1ccc(/N=N/c2sc(C#N)c(C)c2C#N)c(C)c1. The predicted octanol–water partition coefficient (Wildman–Crippen LogP) is 6.57. The summed E-state index contributed by atoms with van der Waals surface area (Å²) in [7, 11) is 0. The molecule has 1 aromatic carbocycles. The number of anilines is 1. The summed E-state index contributed by atoms with van der Waals surface area (Å²) in [6.07, 6.45) is 1.11. The standard InChI is InChI=1S/C36H53N5O8S/c1-7-9-35(42)48-21-19-46-17-15-44-13-12-43-14-16-45-18-20-47-31(26-49-27(3)4)25-41(8-2)30-10-11-33(28(5)22-30)39-40-36-32(23-37)29(6)34(24-38)50-36/h10-11,22,27,31H,7-9,12-21,25-26H2,1-6H3/b40-39+. The van der Waals surface area contributed by atoms with Crippen molar-refractivity contribution in [3.05, 3.63) is 39.8 Å². The Morgan fingerprint density at radius 3 is 2.02 bits per heavy atom. The second-order valence-electron chi connectivity index (χ2n) is 11.5. The van der Waals surface area contributed by atoms with Gasteiger partial charge in [0.15, 0.2) is 5.00 Å². The van der Waals surface area contributed by atoms with Gasteiger partial charge in [0.25, 0.3) is 0 Å². The van der Waals surface area contributed by atoms with Crippen molar-refractivity contribution in [2.24, 2.45) is 10.2 Å². The van der Waals surface area contributed by atoms with Gasteiger partial charge in [-0.3, -0.25) is 4.79 Å². The molecule has 0 bridgehead atoms. The van der Waals surface area contributed by atoms with Crippen molar-refractivity contribution in [3.63, 3.8) is 0 Å². The monoisotopic (exact) mass is 715 g/mol. The van der Waals surface area contributed by atoms with Gasteiger partial charge < -0.3 is 38.1 Å². The summed E-state index contributed by atoms with van der Waals surface area (Å²) in [4.78, 5) is 14.0. The van der Waals surface area contributed by atoms with Crippen LogP contribution < -0.4 is 4.90 Å². The minimum Gasteiger partial charge on any atom is -0.463 e. The second-order valence-corrected chi connectivity index (χ2v) is 12.5. The fourth-order valence-electron chi connectivity index (χ4n) is 4.50. The molecule has 13 nitrogen and oxygen atoms in total. The molecule has 1 heterocycles. The van der Waals surface area contributed by atoms with Crippen LogP contribution >= 0.6 is 11.3 Å². The van der Waals surface area contributed by atoms with Crippen LogP contribution in [-0.4, -0.2) is 104 Å². The van der Waals surface area contributed by atoms with Crippen molar-refractivity contribution >= 4 is 33.7 Å². The number of carbonyl (C=O) groups is 1. The maximum Gasteiger partial charge on any atom is 0.305 e. The average molecular weight is 716 g/mol. The summed E-state index contributed by atoms with van der Waals surface area (Å²) in [5, 5.41) is 27.9. The first-order valence-electron chi connectivity index (χ1n) is 17.1. The number of esters is 1. The number of rotatable bonds is 27. The van der Waals surface area contributed by atoms with E-state index in [1.165, 1.54) is 11.3 Å². The molecule has 1 atom stereocenters. The van der Waals surface area contributed by atoms with Gasteiger partial charge in [0.2, 0.25) is 0 Å². The summed E-state index contributed by atoms with van der Waals surface area (Å²) >= 11 is 1.17. The van der Waals surface area contributed by atoms with Gasteiger partial charge in [-0.05, 0) is 70.4 Å². The van der Waals surface area contributed by atoms with E-state index in [9.17, 15) is 15.3 Å². The van der Waals surface area contributed by atoms with Crippen LogP contribution in [0.25, 0.3) is 0 Å². The summed E-state index contributed by atoms with van der Waals surface area (Å²) in [6.45, 7) is 17.7. The quantitative estimate of drug-likeness (QED) is 0.0560. The van der Waals surface area contributed by atoms with Crippen LogP contribution in [0.4, 0.5) is 16.4 Å². The molecule has 0 fully saturated rings. The van der Waals surface area contributed by atoms with Crippen LogP contribution in [0.5, 0.6) is 0 Å². The van der Waals surface area contributed by atoms with Crippen molar-refractivity contribution in [2.75, 3.05) is 90.7 Å². The van der Waals surface area contributed by atoms with Crippen LogP contribution in [0.15, 0.2) is 28.4 Å². The van der Waals surface area contributed by atoms with Crippen LogP contribution in [-0.2, 0) is 38.0 Å². The average Bonchev–Trinajstić information content (AvgIpc) is 3.41. The molecule has 0 aliphatic carbocycles. The van der Waals surface area contributed by atoms with Crippen molar-refractivity contribution < 1.29 is 38.0 Å². The third-order valence-corrected chi connectivity index (χ3v) is 8.28. The number of carbonyl (C=O) groups excluding carboxylic acids is 1. The zero-order valence-corrected chi connectivity index (χ0v) is 31.2. The normalized spacial score (nSPS) is 11.9. The second kappa shape index (κ2) is 25.5. The Morgan fingerprint density at radius 1 is 0.860 bits per heavy atom. The summed E-state index contributed by atoms with van der Waals surface area (Å²) < 4.78 is 39.2. The minimum absolute atomic E-state index is 0.0766. The fraction of sp³-hybridized carbons (Fsp3) is 0.639. The number of ether oxygens (including phenoxy) is 7. The van der Waals surface area contributed by atoms with Gasteiger partial charge in [0.1, 0.15) is 23.6 Å². The Balaban J connectivity index is 1.72. The molecule has 0 amide bonds. The number of aryl methyl sites for hydroxylation is 1. The van der Waals surface area contributed by atoms with E-state index < -0.39 is 0 Å². The van der Waals surface area contributed by atoms with Gasteiger partial charge in [0.05, 0.1) is 89.5 Å². The van der Waals surface area contributed by atoms with E-state index in [0.717, 1.165) is 24.2 Å². The number of thiophene rings is 1. The third-order valence-electron chi connectivity index (χ3n) is 7.20. The number of likely N-dealkylation sites (N-methyl/N-ethyl adjacent to an activating group) is 1. The molecule has 0 saturated carbocycles. The van der Waals surface area contributed by atoms with E-state index in [2.05, 4.69) is 40.3 Å². The van der Waals surface area contributed by atoms with Crippen molar-refractivity contribution in [1.82, 2.24) is 0 Å². The first-order valence-corrected chi connectivity index (χ1v) is 18.0. The molecular formula is C36H53N5O8S. The van der Waals surface area contributed by atoms with E-state index in [1.54, 1.807) is 6.92 Å². The van der Waals surface area contributed by atoms with E-state index in [4.69, 9.17) is 33.2 Å². The molecule has 0 aliphatic rings. The molecule has 0 N–H and O–H groups in total. The fourth-order valence-corrected chi connectivity index (χ4v) is 5.37. The molecule has 1 unspecified atom stereocenters. The molecular weight excluding hydrogens is 662 g/mol. The number of nitrogens with zero attached hydrogens (tertiary/aromatic N) is 5. The molecule has 0 saturated heterocycles. The highest BCUT2D eigenvalue weighted by Crippen LogP contribution is 2.36. The van der Waals surface area contributed by atoms with E-state index >= 15 is 0 Å². The lowest BCUT2D eigenvalue weighted by molar-refractivity contribution is -0.145. The highest BCUT2D eigenvalue weighted by atomic mass is 32.1. The molecule has 14 heteroatoms. The van der Waals surface area contributed by atoms with E-state index in [-0.39, 0.29) is 24.8 Å². The van der Waals surface area contributed by atoms with Crippen molar-refractivity contribution in [2.45, 2.75) is 66.6 Å². The first-order chi connectivity index (χ1) is 24.2. The van der Waals surface area contributed by atoms with Crippen LogP contribution in [0.2, 0.25) is 0 Å². The Bertz CT molecular complexity index is 1390. The minimum atomic E-state index is -0.197. The lowest BCUT2D eigenvalue weighted by Crippen LogP contribution is -2.38. The molecule has 2 rings (SSSR count). The summed E-state index contributed by atoms with van der Waals surface area (Å²) in [6, 6.07) is 10.2. The molecule has 1 aromatic heterocycles. The molecule has 0 spiro atoms. The maximum absolute atomic E-state index is 11.3. The summed E-state index contributed by atoms with van der Waals surface area (Å²) in [5.74, 6) is -0.197. The lowest BCUT2D eigenvalue weighted by Gasteiger charge is -2.29. The predicted molar refractivity (Wildman–Crippen MR) is 192 cm³/mol. The van der Waals surface area contributed by atoms with Gasteiger partial charge in [-0.15, -0.1) is 21.6 Å². The molecule has 0 radical (unpaired) electrons. The third kappa shape index (κ3) is 16.5. The number of azo groups is 1. The Morgan fingerprint density at radius 2 is 1.48 bits per heavy atom. The number of hydrogen-bond donors (Lipinski definition) is 0. The molecule has 276 valence electrons. The Kier molecular flexibility index (Phi) is 21.8. The molecule has 2 aromatic rings. The molecule has 0 aliphatic heterocycles. The smallest absolute Gasteiger partial charge is 0.305 e. The van der Waals surface area contributed by atoms with E-state index in [1.807, 2.05) is 39.8 Å². The van der Waals surface area contributed by atoms with Crippen LogP contribution in [0, 0.1) is 36.5 Å². The van der Waals surface area contributed by atoms with Crippen molar-refractivity contribution in [3.8, 4) is 12.1 Å². The lowest BCUT2D eigenvalue weighted by atomic mass is 10.1. The highest BCUT2D eigenvalue weighted by molar-refractivity contribution is 7.16. The van der Waals surface area contributed by atoms with Gasteiger partial charge >= 0.3 is 5.97 Å². The largest absolute Gasteiger partial charge is 0.463 e. The zero-order valence-electron chi connectivity index (χ0n) is 30.4. The van der Waals surface area contributed by atoms with Gasteiger partial charge in [0, 0.05) is 25.2 Å². The van der Waals surface area contributed by atoms with Gasteiger partial charge in [-0.25, -0.2) is 0 Å². The summed E-state index contributed by atoms with van der Waals surface area (Å²) in [5.41, 5.74) is 3.66.